The van der Waals surface area contributed by atoms with Gasteiger partial charge in [-0.2, -0.15) is 0 Å². The van der Waals surface area contributed by atoms with Crippen LogP contribution in [0.2, 0.25) is 0 Å². The Hall–Kier alpha value is -4.17. The Morgan fingerprint density at radius 3 is 2.59 bits per heavy atom. The summed E-state index contributed by atoms with van der Waals surface area (Å²) in [4.78, 5) is 33.4. The maximum atomic E-state index is 13.6. The van der Waals surface area contributed by atoms with Crippen molar-refractivity contribution < 1.29 is 24.2 Å². The molecule has 0 saturated carbocycles. The molecule has 0 spiro atoms. The van der Waals surface area contributed by atoms with Crippen molar-refractivity contribution >= 4 is 44.1 Å². The number of benzene rings is 3. The number of thiazole rings is 1. The normalized spacial score (nSPS) is 16.7. The Labute approximate surface area is 231 Å². The first-order chi connectivity index (χ1) is 18.8. The predicted octanol–water partition coefficient (Wildman–Crippen LogP) is 6.73. The number of carbonyl (C=O) groups is 2. The number of aliphatic hydroxyl groups excluding tert-OH is 1. The third-order valence-corrected chi connectivity index (χ3v) is 7.75. The molecule has 0 bridgehead atoms. The van der Waals surface area contributed by atoms with Gasteiger partial charge in [0, 0.05) is 5.56 Å². The molecule has 0 aliphatic carbocycles. The highest BCUT2D eigenvalue weighted by Gasteiger charge is 2.48. The molecule has 1 atom stereocenters. The fourth-order valence-corrected chi connectivity index (χ4v) is 6.01. The number of amides is 1. The van der Waals surface area contributed by atoms with Crippen molar-refractivity contribution in [3.63, 3.8) is 0 Å². The second kappa shape index (κ2) is 10.9. The Bertz CT molecular complexity index is 1610. The predicted molar refractivity (Wildman–Crippen MR) is 154 cm³/mol. The van der Waals surface area contributed by atoms with Gasteiger partial charge in [0.2, 0.25) is 0 Å². The van der Waals surface area contributed by atoms with Gasteiger partial charge >= 0.3 is 5.91 Å². The lowest BCUT2D eigenvalue weighted by atomic mass is 9.95. The van der Waals surface area contributed by atoms with Crippen LogP contribution in [-0.4, -0.2) is 35.5 Å². The maximum absolute atomic E-state index is 13.6. The van der Waals surface area contributed by atoms with Crippen LogP contribution in [0.25, 0.3) is 16.0 Å². The SMILES string of the molecule is CCCCOc1cccc(/C(O)=C2\C(=O)C(=O)N(c3nc4c(C)cc(C)cc4s3)C2c2cccc(OC)c2)c1. The van der Waals surface area contributed by atoms with Crippen LogP contribution in [-0.2, 0) is 9.59 Å². The number of unbranched alkanes of at least 4 members (excludes halogenated alkanes) is 1. The van der Waals surface area contributed by atoms with E-state index in [1.54, 1.807) is 49.6 Å². The standard InChI is InChI=1S/C31H30N2O5S/c1-5-6-13-38-23-12-8-10-21(17-23)28(34)25-27(20-9-7-11-22(16-20)37-4)33(30(36)29(25)35)31-32-26-19(3)14-18(2)15-24(26)39-31/h7-12,14-17,27,34H,5-6,13H2,1-4H3/b28-25+. The van der Waals surface area contributed by atoms with E-state index in [0.717, 1.165) is 34.2 Å². The second-order valence-electron chi connectivity index (χ2n) is 9.60. The molecule has 8 heteroatoms. The lowest BCUT2D eigenvalue weighted by Crippen LogP contribution is -2.29. The van der Waals surface area contributed by atoms with Crippen LogP contribution >= 0.6 is 11.3 Å². The summed E-state index contributed by atoms with van der Waals surface area (Å²) in [5.41, 5.74) is 3.86. The lowest BCUT2D eigenvalue weighted by molar-refractivity contribution is -0.132. The van der Waals surface area contributed by atoms with Gasteiger partial charge < -0.3 is 14.6 Å². The maximum Gasteiger partial charge on any atom is 0.301 e. The Kier molecular flexibility index (Phi) is 7.39. The van der Waals surface area contributed by atoms with Crippen LogP contribution in [0.3, 0.4) is 0 Å². The molecule has 7 nitrogen and oxygen atoms in total. The molecule has 1 unspecified atom stereocenters. The van der Waals surface area contributed by atoms with E-state index in [1.807, 2.05) is 32.0 Å². The zero-order valence-electron chi connectivity index (χ0n) is 22.4. The summed E-state index contributed by atoms with van der Waals surface area (Å²) < 4.78 is 12.2. The fraction of sp³-hybridized carbons (Fsp3) is 0.258. The van der Waals surface area contributed by atoms with Crippen molar-refractivity contribution in [2.75, 3.05) is 18.6 Å². The van der Waals surface area contributed by atoms with Gasteiger partial charge in [0.05, 0.1) is 35.5 Å². The van der Waals surface area contributed by atoms with E-state index in [0.29, 0.717) is 34.4 Å². The van der Waals surface area contributed by atoms with Gasteiger partial charge in [-0.05, 0) is 67.3 Å². The molecule has 0 radical (unpaired) electrons. The molecule has 1 fully saturated rings. The van der Waals surface area contributed by atoms with Gasteiger partial charge in [0.25, 0.3) is 5.78 Å². The van der Waals surface area contributed by atoms with E-state index in [-0.39, 0.29) is 11.3 Å². The van der Waals surface area contributed by atoms with Gasteiger partial charge in [0.1, 0.15) is 17.3 Å². The Morgan fingerprint density at radius 1 is 1.05 bits per heavy atom. The molecule has 39 heavy (non-hydrogen) atoms. The largest absolute Gasteiger partial charge is 0.507 e. The van der Waals surface area contributed by atoms with Crippen LogP contribution < -0.4 is 14.4 Å². The van der Waals surface area contributed by atoms with Crippen LogP contribution in [0.4, 0.5) is 5.13 Å². The highest BCUT2D eigenvalue weighted by Crippen LogP contribution is 2.45. The number of hydrogen-bond acceptors (Lipinski definition) is 7. The van der Waals surface area contributed by atoms with Crippen LogP contribution in [0, 0.1) is 13.8 Å². The van der Waals surface area contributed by atoms with Crippen molar-refractivity contribution in [1.29, 1.82) is 0 Å². The molecule has 4 aromatic rings. The summed E-state index contributed by atoms with van der Waals surface area (Å²) >= 11 is 1.35. The highest BCUT2D eigenvalue weighted by molar-refractivity contribution is 7.22. The van der Waals surface area contributed by atoms with E-state index in [4.69, 9.17) is 14.5 Å². The quantitative estimate of drug-likeness (QED) is 0.115. The summed E-state index contributed by atoms with van der Waals surface area (Å²) in [6.45, 7) is 6.61. The van der Waals surface area contributed by atoms with E-state index in [9.17, 15) is 14.7 Å². The summed E-state index contributed by atoms with van der Waals surface area (Å²) in [7, 11) is 1.55. The number of hydrogen-bond donors (Lipinski definition) is 1. The van der Waals surface area contributed by atoms with Crippen molar-refractivity contribution in [2.45, 2.75) is 39.7 Å². The minimum absolute atomic E-state index is 0.00822. The van der Waals surface area contributed by atoms with Gasteiger partial charge in [-0.1, -0.05) is 55.0 Å². The number of anilines is 1. The molecule has 1 saturated heterocycles. The van der Waals surface area contributed by atoms with Crippen LogP contribution in [0.1, 0.15) is 48.1 Å². The fourth-order valence-electron chi connectivity index (χ4n) is 4.84. The van der Waals surface area contributed by atoms with E-state index in [1.165, 1.54) is 16.2 Å². The number of aromatic nitrogens is 1. The van der Waals surface area contributed by atoms with Crippen LogP contribution in [0.5, 0.6) is 11.5 Å². The summed E-state index contributed by atoms with van der Waals surface area (Å²) in [6.07, 6.45) is 1.90. The molecular formula is C31H30N2O5S. The molecular weight excluding hydrogens is 512 g/mol. The van der Waals surface area contributed by atoms with Gasteiger partial charge in [-0.3, -0.25) is 14.5 Å². The van der Waals surface area contributed by atoms with Crippen molar-refractivity contribution in [1.82, 2.24) is 4.98 Å². The minimum Gasteiger partial charge on any atom is -0.507 e. The number of Topliss-reactive ketones (excluding diaryl/α,β-unsaturated/α-hetero) is 1. The molecule has 2 heterocycles. The zero-order valence-corrected chi connectivity index (χ0v) is 23.2. The number of ketones is 1. The topological polar surface area (TPSA) is 89.0 Å². The molecule has 1 aromatic heterocycles. The number of ether oxygens (including phenoxy) is 2. The monoisotopic (exact) mass is 542 g/mol. The molecule has 5 rings (SSSR count). The van der Waals surface area contributed by atoms with Crippen molar-refractivity contribution in [3.05, 3.63) is 88.5 Å². The number of aryl methyl sites for hydroxylation is 2. The summed E-state index contributed by atoms with van der Waals surface area (Å²) in [5.74, 6) is -0.632. The zero-order chi connectivity index (χ0) is 27.7. The third-order valence-electron chi connectivity index (χ3n) is 6.75. The molecule has 1 amide bonds. The van der Waals surface area contributed by atoms with Gasteiger partial charge in [-0.15, -0.1) is 0 Å². The van der Waals surface area contributed by atoms with Crippen LogP contribution in [0.15, 0.2) is 66.2 Å². The van der Waals surface area contributed by atoms with E-state index < -0.39 is 17.7 Å². The minimum atomic E-state index is -0.897. The Balaban J connectivity index is 1.68. The highest BCUT2D eigenvalue weighted by atomic mass is 32.1. The second-order valence-corrected chi connectivity index (χ2v) is 10.6. The number of rotatable bonds is 8. The van der Waals surface area contributed by atoms with Crippen molar-refractivity contribution in [3.8, 4) is 11.5 Å². The number of aliphatic hydroxyl groups is 1. The first-order valence-corrected chi connectivity index (χ1v) is 13.7. The van der Waals surface area contributed by atoms with Gasteiger partial charge in [0.15, 0.2) is 5.13 Å². The number of carbonyl (C=O) groups excluding carboxylic acids is 2. The average Bonchev–Trinajstić information content (AvgIpc) is 3.47. The first kappa shape index (κ1) is 26.4. The van der Waals surface area contributed by atoms with Gasteiger partial charge in [-0.25, -0.2) is 4.98 Å². The first-order valence-electron chi connectivity index (χ1n) is 12.9. The lowest BCUT2D eigenvalue weighted by Gasteiger charge is -2.23. The Morgan fingerprint density at radius 2 is 1.82 bits per heavy atom. The molecule has 200 valence electrons. The molecule has 3 aromatic carbocycles. The summed E-state index contributed by atoms with van der Waals surface area (Å²) in [5, 5.41) is 11.9. The molecule has 1 N–H and O–H groups in total. The van der Waals surface area contributed by atoms with E-state index >= 15 is 0 Å². The average molecular weight is 543 g/mol. The van der Waals surface area contributed by atoms with Crippen molar-refractivity contribution in [2.24, 2.45) is 0 Å². The smallest absolute Gasteiger partial charge is 0.301 e. The molecule has 1 aliphatic rings. The third kappa shape index (κ3) is 5.00. The number of nitrogens with zero attached hydrogens (tertiary/aromatic N) is 2. The summed E-state index contributed by atoms with van der Waals surface area (Å²) in [6, 6.07) is 17.3. The molecule has 1 aliphatic heterocycles. The number of methoxy groups -OCH3 is 1. The number of fused-ring (bicyclic) bond motifs is 1. The van der Waals surface area contributed by atoms with E-state index in [2.05, 4.69) is 6.92 Å².